The molecule has 0 aromatic carbocycles. The third-order valence-electron chi connectivity index (χ3n) is 2.88. The van der Waals surface area contributed by atoms with Crippen molar-refractivity contribution in [3.8, 4) is 0 Å². The van der Waals surface area contributed by atoms with E-state index in [2.05, 4.69) is 15.0 Å². The molecule has 0 aliphatic heterocycles. The fourth-order valence-corrected chi connectivity index (χ4v) is 1.94. The number of hydrogen-bond donors (Lipinski definition) is 1. The number of nitrogens with one attached hydrogen (secondary N) is 1. The quantitative estimate of drug-likeness (QED) is 0.668. The third-order valence-corrected chi connectivity index (χ3v) is 3.07. The first kappa shape index (κ1) is 16.4. The average Bonchev–Trinajstić information content (AvgIpc) is 2.42. The topological polar surface area (TPSA) is 68.3 Å². The second-order valence-corrected chi connectivity index (χ2v) is 5.13. The van der Waals surface area contributed by atoms with Gasteiger partial charge in [0.05, 0.1) is 7.11 Å². The van der Waals surface area contributed by atoms with Gasteiger partial charge in [-0.05, 0) is 24.5 Å². The van der Waals surface area contributed by atoms with Crippen LogP contribution < -0.4 is 5.32 Å². The molecule has 1 rings (SSSR count). The normalized spacial score (nSPS) is 12.1. The van der Waals surface area contributed by atoms with E-state index < -0.39 is 12.0 Å². The fraction of sp³-hybridized carbons (Fsp3) is 0.500. The van der Waals surface area contributed by atoms with Crippen LogP contribution in [-0.2, 0) is 16.0 Å². The van der Waals surface area contributed by atoms with E-state index in [1.807, 2.05) is 20.8 Å². The Morgan fingerprint density at radius 1 is 1.40 bits per heavy atom. The predicted molar refractivity (Wildman–Crippen MR) is 76.7 cm³/mol. The van der Waals surface area contributed by atoms with Crippen LogP contribution in [0.5, 0.6) is 0 Å². The first-order valence-corrected chi connectivity index (χ1v) is 6.82. The minimum atomic E-state index is -0.690. The molecule has 1 aromatic heterocycles. The van der Waals surface area contributed by atoms with Crippen LogP contribution in [0, 0.1) is 5.92 Å². The van der Waals surface area contributed by atoms with Gasteiger partial charge < -0.3 is 10.1 Å². The smallest absolute Gasteiger partial charge is 0.328 e. The number of ether oxygens (including phenoxy) is 1. The number of pyridine rings is 1. The highest BCUT2D eigenvalue weighted by atomic mass is 35.5. The maximum Gasteiger partial charge on any atom is 0.328 e. The van der Waals surface area contributed by atoms with Gasteiger partial charge in [0.1, 0.15) is 11.2 Å². The highest BCUT2D eigenvalue weighted by Gasteiger charge is 2.25. The first-order valence-electron chi connectivity index (χ1n) is 6.44. The molecule has 0 aliphatic rings. The molecule has 0 unspecified atom stereocenters. The lowest BCUT2D eigenvalue weighted by atomic mass is 10.0. The fourth-order valence-electron chi connectivity index (χ4n) is 1.71. The van der Waals surface area contributed by atoms with Crippen molar-refractivity contribution in [1.29, 1.82) is 0 Å². The van der Waals surface area contributed by atoms with E-state index in [1.165, 1.54) is 13.2 Å². The van der Waals surface area contributed by atoms with Gasteiger partial charge in [0, 0.05) is 11.3 Å². The van der Waals surface area contributed by atoms with Crippen LogP contribution in [-0.4, -0.2) is 30.0 Å². The van der Waals surface area contributed by atoms with Crippen LogP contribution in [0.4, 0.5) is 0 Å². The largest absolute Gasteiger partial charge is 0.467 e. The molecule has 0 saturated heterocycles. The Morgan fingerprint density at radius 3 is 2.55 bits per heavy atom. The Balaban J connectivity index is 2.94. The second kappa shape index (κ2) is 7.24. The van der Waals surface area contributed by atoms with Crippen LogP contribution in [0.2, 0.25) is 5.15 Å². The number of hydrogen-bond acceptors (Lipinski definition) is 4. The molecule has 0 bridgehead atoms. The van der Waals surface area contributed by atoms with Gasteiger partial charge in [-0.1, -0.05) is 32.4 Å². The summed E-state index contributed by atoms with van der Waals surface area (Å²) in [6.07, 6.45) is 0.672. The summed E-state index contributed by atoms with van der Waals surface area (Å²) in [7, 11) is 1.29. The second-order valence-electron chi connectivity index (χ2n) is 4.74. The molecule has 5 nitrogen and oxygen atoms in total. The standard InChI is InChI=1S/C14H19ClN2O3/c1-5-10-6-9(7-11(15)16-10)13(18)17-12(8(2)3)14(19)20-4/h6-8,12H,5H2,1-4H3,(H,17,18)/t12-/m0/s1. The summed E-state index contributed by atoms with van der Waals surface area (Å²) in [5.41, 5.74) is 1.11. The highest BCUT2D eigenvalue weighted by Crippen LogP contribution is 2.13. The van der Waals surface area contributed by atoms with Crippen molar-refractivity contribution in [2.45, 2.75) is 33.2 Å². The Kier molecular flexibility index (Phi) is 5.95. The maximum atomic E-state index is 12.2. The SMILES string of the molecule is CCc1cc(C(=O)N[C@H](C(=O)OC)C(C)C)cc(Cl)n1. The summed E-state index contributed by atoms with van der Waals surface area (Å²) in [5, 5.41) is 2.92. The number of carbonyl (C=O) groups excluding carboxylic acids is 2. The summed E-state index contributed by atoms with van der Waals surface area (Å²) in [4.78, 5) is 27.9. The lowest BCUT2D eigenvalue weighted by Gasteiger charge is -2.19. The van der Waals surface area contributed by atoms with Gasteiger partial charge in [0.25, 0.3) is 5.91 Å². The molecular formula is C14H19ClN2O3. The van der Waals surface area contributed by atoms with E-state index in [-0.39, 0.29) is 17.0 Å². The van der Waals surface area contributed by atoms with Gasteiger partial charge in [-0.3, -0.25) is 4.79 Å². The summed E-state index contributed by atoms with van der Waals surface area (Å²) < 4.78 is 4.69. The lowest BCUT2D eigenvalue weighted by Crippen LogP contribution is -2.45. The average molecular weight is 299 g/mol. The van der Waals surface area contributed by atoms with E-state index in [0.717, 1.165) is 5.69 Å². The van der Waals surface area contributed by atoms with E-state index in [0.29, 0.717) is 12.0 Å². The number of aryl methyl sites for hydroxylation is 1. The number of esters is 1. The number of nitrogens with zero attached hydrogens (tertiary/aromatic N) is 1. The molecule has 1 aromatic rings. The first-order chi connectivity index (χ1) is 9.38. The van der Waals surface area contributed by atoms with Crippen LogP contribution in [0.15, 0.2) is 12.1 Å². The number of carbonyl (C=O) groups is 2. The van der Waals surface area contributed by atoms with E-state index in [4.69, 9.17) is 11.6 Å². The van der Waals surface area contributed by atoms with Crippen molar-refractivity contribution in [3.63, 3.8) is 0 Å². The van der Waals surface area contributed by atoms with Gasteiger partial charge in [0.15, 0.2) is 0 Å². The van der Waals surface area contributed by atoms with Crippen molar-refractivity contribution >= 4 is 23.5 Å². The van der Waals surface area contributed by atoms with Crippen molar-refractivity contribution < 1.29 is 14.3 Å². The molecule has 0 saturated carbocycles. The number of amides is 1. The minimum Gasteiger partial charge on any atom is -0.467 e. The molecule has 0 radical (unpaired) electrons. The molecule has 1 N–H and O–H groups in total. The van der Waals surface area contributed by atoms with Gasteiger partial charge >= 0.3 is 5.97 Å². The highest BCUT2D eigenvalue weighted by molar-refractivity contribution is 6.29. The van der Waals surface area contributed by atoms with Crippen LogP contribution in [0.3, 0.4) is 0 Å². The van der Waals surface area contributed by atoms with Gasteiger partial charge in [0.2, 0.25) is 0 Å². The molecular weight excluding hydrogens is 280 g/mol. The molecule has 6 heteroatoms. The number of halogens is 1. The Labute approximate surface area is 123 Å². The molecule has 0 spiro atoms. The zero-order valence-corrected chi connectivity index (χ0v) is 12.8. The zero-order valence-electron chi connectivity index (χ0n) is 12.1. The van der Waals surface area contributed by atoms with Crippen molar-refractivity contribution in [1.82, 2.24) is 10.3 Å². The Hall–Kier alpha value is -1.62. The van der Waals surface area contributed by atoms with Gasteiger partial charge in [-0.25, -0.2) is 9.78 Å². The molecule has 20 heavy (non-hydrogen) atoms. The van der Waals surface area contributed by atoms with Gasteiger partial charge in [-0.2, -0.15) is 0 Å². The molecule has 0 aliphatic carbocycles. The summed E-state index contributed by atoms with van der Waals surface area (Å²) >= 11 is 5.88. The summed E-state index contributed by atoms with van der Waals surface area (Å²) in [5.74, 6) is -0.910. The number of rotatable bonds is 5. The molecule has 110 valence electrons. The van der Waals surface area contributed by atoms with E-state index in [9.17, 15) is 9.59 Å². The summed E-state index contributed by atoms with van der Waals surface area (Å²) in [6, 6.07) is 2.45. The molecule has 1 atom stereocenters. The van der Waals surface area contributed by atoms with E-state index in [1.54, 1.807) is 6.07 Å². The predicted octanol–water partition coefficient (Wildman–Crippen LogP) is 2.22. The summed E-state index contributed by atoms with van der Waals surface area (Å²) in [6.45, 7) is 5.59. The molecule has 1 amide bonds. The number of aromatic nitrogens is 1. The van der Waals surface area contributed by atoms with Crippen molar-refractivity contribution in [2.75, 3.05) is 7.11 Å². The lowest BCUT2D eigenvalue weighted by molar-refractivity contribution is -0.144. The molecule has 0 fully saturated rings. The van der Waals surface area contributed by atoms with Crippen molar-refractivity contribution in [2.24, 2.45) is 5.92 Å². The maximum absolute atomic E-state index is 12.2. The Bertz CT molecular complexity index is 503. The van der Waals surface area contributed by atoms with Crippen molar-refractivity contribution in [3.05, 3.63) is 28.5 Å². The zero-order chi connectivity index (χ0) is 15.3. The van der Waals surface area contributed by atoms with Crippen LogP contribution in [0.25, 0.3) is 0 Å². The monoisotopic (exact) mass is 298 g/mol. The third kappa shape index (κ3) is 4.20. The van der Waals surface area contributed by atoms with Gasteiger partial charge in [-0.15, -0.1) is 0 Å². The Morgan fingerprint density at radius 2 is 2.05 bits per heavy atom. The van der Waals surface area contributed by atoms with Crippen LogP contribution in [0.1, 0.15) is 36.8 Å². The molecule has 1 heterocycles. The van der Waals surface area contributed by atoms with E-state index >= 15 is 0 Å². The van der Waals surface area contributed by atoms with Crippen LogP contribution >= 0.6 is 11.6 Å². The number of methoxy groups -OCH3 is 1. The minimum absolute atomic E-state index is 0.0747.